The molecule has 0 saturated carbocycles. The van der Waals surface area contributed by atoms with Crippen LogP contribution >= 0.6 is 0 Å². The first-order valence-electron chi connectivity index (χ1n) is 7.27. The van der Waals surface area contributed by atoms with Gasteiger partial charge < -0.3 is 5.32 Å². The summed E-state index contributed by atoms with van der Waals surface area (Å²) in [4.78, 5) is 8.54. The molecule has 0 aliphatic heterocycles. The van der Waals surface area contributed by atoms with Gasteiger partial charge >= 0.3 is 0 Å². The molecular weight excluding hydrogens is 250 g/mol. The highest BCUT2D eigenvalue weighted by molar-refractivity contribution is 5.09. The Morgan fingerprint density at radius 2 is 2.15 bits per heavy atom. The van der Waals surface area contributed by atoms with Crippen LogP contribution in [0.25, 0.3) is 0 Å². The zero-order valence-electron chi connectivity index (χ0n) is 12.5. The lowest BCUT2D eigenvalue weighted by Gasteiger charge is -2.15. The maximum atomic E-state index is 4.66. The van der Waals surface area contributed by atoms with Gasteiger partial charge in [0, 0.05) is 37.3 Å². The highest BCUT2D eigenvalue weighted by Crippen LogP contribution is 2.16. The van der Waals surface area contributed by atoms with Crippen LogP contribution in [0.1, 0.15) is 50.7 Å². The first-order valence-corrected chi connectivity index (χ1v) is 7.27. The van der Waals surface area contributed by atoms with E-state index in [1.54, 1.807) is 12.4 Å². The molecule has 0 fully saturated rings. The smallest absolute Gasteiger partial charge is 0.0760 e. The number of hydrogen-bond acceptors (Lipinski definition) is 4. The molecule has 2 aromatic heterocycles. The highest BCUT2D eigenvalue weighted by Gasteiger charge is 2.15. The van der Waals surface area contributed by atoms with Crippen LogP contribution in [0.4, 0.5) is 0 Å². The SMILES string of the molecule is CCNC(Cc1ccn(C(C)CC)n1)c1cnccn1. The van der Waals surface area contributed by atoms with Crippen molar-refractivity contribution in [3.8, 4) is 0 Å². The topological polar surface area (TPSA) is 55.6 Å². The van der Waals surface area contributed by atoms with Gasteiger partial charge in [-0.25, -0.2) is 0 Å². The van der Waals surface area contributed by atoms with Gasteiger partial charge in [-0.05, 0) is 26.0 Å². The van der Waals surface area contributed by atoms with Gasteiger partial charge in [0.05, 0.1) is 17.4 Å². The second-order valence-corrected chi connectivity index (χ2v) is 4.99. The van der Waals surface area contributed by atoms with Gasteiger partial charge in [-0.1, -0.05) is 13.8 Å². The first-order chi connectivity index (χ1) is 9.74. The normalized spacial score (nSPS) is 14.2. The van der Waals surface area contributed by atoms with Crippen LogP contribution in [-0.4, -0.2) is 26.3 Å². The van der Waals surface area contributed by atoms with Crippen molar-refractivity contribution in [2.24, 2.45) is 0 Å². The molecule has 2 rings (SSSR count). The van der Waals surface area contributed by atoms with Crippen LogP contribution in [0.15, 0.2) is 30.9 Å². The molecule has 0 spiro atoms. The van der Waals surface area contributed by atoms with E-state index in [1.165, 1.54) is 0 Å². The Balaban J connectivity index is 2.10. The molecule has 0 amide bonds. The summed E-state index contributed by atoms with van der Waals surface area (Å²) in [5.41, 5.74) is 2.05. The largest absolute Gasteiger partial charge is 0.309 e. The van der Waals surface area contributed by atoms with Crippen molar-refractivity contribution >= 4 is 0 Å². The molecule has 2 heterocycles. The Kier molecular flexibility index (Phi) is 5.24. The van der Waals surface area contributed by atoms with E-state index >= 15 is 0 Å². The standard InChI is InChI=1S/C15H23N5/c1-4-12(3)20-9-6-13(19-20)10-14(17-5-2)15-11-16-7-8-18-15/h6-9,11-12,14,17H,4-5,10H2,1-3H3. The molecule has 2 unspecified atom stereocenters. The van der Waals surface area contributed by atoms with Gasteiger partial charge in [0.25, 0.3) is 0 Å². The summed E-state index contributed by atoms with van der Waals surface area (Å²) in [6.07, 6.45) is 9.22. The molecule has 108 valence electrons. The summed E-state index contributed by atoms with van der Waals surface area (Å²) in [7, 11) is 0. The molecule has 5 heteroatoms. The van der Waals surface area contributed by atoms with E-state index in [1.807, 2.05) is 10.9 Å². The fourth-order valence-corrected chi connectivity index (χ4v) is 2.15. The van der Waals surface area contributed by atoms with Crippen molar-refractivity contribution in [2.75, 3.05) is 6.54 Å². The Morgan fingerprint density at radius 1 is 1.30 bits per heavy atom. The molecule has 2 atom stereocenters. The summed E-state index contributed by atoms with van der Waals surface area (Å²) in [5, 5.41) is 8.11. The maximum Gasteiger partial charge on any atom is 0.0760 e. The Labute approximate surface area is 120 Å². The summed E-state index contributed by atoms with van der Waals surface area (Å²) in [6, 6.07) is 2.69. The molecule has 0 saturated heterocycles. The molecule has 0 aromatic carbocycles. The van der Waals surface area contributed by atoms with Crippen LogP contribution in [0.3, 0.4) is 0 Å². The van der Waals surface area contributed by atoms with Crippen LogP contribution in [0.2, 0.25) is 0 Å². The van der Waals surface area contributed by atoms with Gasteiger partial charge in [-0.2, -0.15) is 5.10 Å². The third-order valence-corrected chi connectivity index (χ3v) is 3.51. The maximum absolute atomic E-state index is 4.66. The predicted octanol–water partition coefficient (Wildman–Crippen LogP) is 2.54. The lowest BCUT2D eigenvalue weighted by Crippen LogP contribution is -2.24. The van der Waals surface area contributed by atoms with Gasteiger partial charge in [0.15, 0.2) is 0 Å². The van der Waals surface area contributed by atoms with E-state index in [-0.39, 0.29) is 6.04 Å². The molecule has 20 heavy (non-hydrogen) atoms. The second-order valence-electron chi connectivity index (χ2n) is 4.99. The van der Waals surface area contributed by atoms with Crippen LogP contribution < -0.4 is 5.32 Å². The minimum absolute atomic E-state index is 0.161. The summed E-state index contributed by atoms with van der Waals surface area (Å²) < 4.78 is 2.04. The predicted molar refractivity (Wildman–Crippen MR) is 79.4 cm³/mol. The van der Waals surface area contributed by atoms with Gasteiger partial charge in [0.2, 0.25) is 0 Å². The van der Waals surface area contributed by atoms with Crippen LogP contribution in [0, 0.1) is 0 Å². The Hall–Kier alpha value is -1.75. The van der Waals surface area contributed by atoms with Crippen molar-refractivity contribution in [2.45, 2.75) is 45.7 Å². The number of likely N-dealkylation sites (N-methyl/N-ethyl adjacent to an activating group) is 1. The zero-order valence-corrected chi connectivity index (χ0v) is 12.5. The quantitative estimate of drug-likeness (QED) is 0.842. The van der Waals surface area contributed by atoms with E-state index in [0.717, 1.165) is 30.8 Å². The van der Waals surface area contributed by atoms with Crippen LogP contribution in [0.5, 0.6) is 0 Å². The van der Waals surface area contributed by atoms with E-state index < -0.39 is 0 Å². The molecule has 1 N–H and O–H groups in total. The zero-order chi connectivity index (χ0) is 14.4. The number of nitrogens with one attached hydrogen (secondary N) is 1. The van der Waals surface area contributed by atoms with Crippen molar-refractivity contribution < 1.29 is 0 Å². The average molecular weight is 273 g/mol. The Morgan fingerprint density at radius 3 is 2.80 bits per heavy atom. The van der Waals surface area contributed by atoms with E-state index in [0.29, 0.717) is 6.04 Å². The molecule has 5 nitrogen and oxygen atoms in total. The fourth-order valence-electron chi connectivity index (χ4n) is 2.15. The summed E-state index contributed by atoms with van der Waals surface area (Å²) >= 11 is 0. The first kappa shape index (κ1) is 14.7. The minimum Gasteiger partial charge on any atom is -0.309 e. The molecule has 2 aromatic rings. The number of hydrogen-bond donors (Lipinski definition) is 1. The molecule has 0 aliphatic rings. The number of aromatic nitrogens is 4. The number of nitrogens with zero attached hydrogens (tertiary/aromatic N) is 4. The molecule has 0 bridgehead atoms. The highest BCUT2D eigenvalue weighted by atomic mass is 15.3. The third kappa shape index (κ3) is 3.63. The van der Waals surface area contributed by atoms with Gasteiger partial charge in [0.1, 0.15) is 0 Å². The van der Waals surface area contributed by atoms with Crippen LogP contribution in [-0.2, 0) is 6.42 Å². The second kappa shape index (κ2) is 7.14. The van der Waals surface area contributed by atoms with Gasteiger partial charge in [-0.3, -0.25) is 14.6 Å². The number of rotatable bonds is 7. The lowest BCUT2D eigenvalue weighted by atomic mass is 10.1. The summed E-state index contributed by atoms with van der Waals surface area (Å²) in [6.45, 7) is 7.35. The minimum atomic E-state index is 0.161. The van der Waals surface area contributed by atoms with Crippen molar-refractivity contribution in [3.63, 3.8) is 0 Å². The van der Waals surface area contributed by atoms with E-state index in [9.17, 15) is 0 Å². The Bertz CT molecular complexity index is 508. The van der Waals surface area contributed by atoms with E-state index in [4.69, 9.17) is 0 Å². The fraction of sp³-hybridized carbons (Fsp3) is 0.533. The van der Waals surface area contributed by atoms with E-state index in [2.05, 4.69) is 53.4 Å². The molecule has 0 radical (unpaired) electrons. The molecular formula is C15H23N5. The molecule has 0 aliphatic carbocycles. The van der Waals surface area contributed by atoms with Crippen molar-refractivity contribution in [3.05, 3.63) is 42.2 Å². The average Bonchev–Trinajstić information content (AvgIpc) is 2.95. The van der Waals surface area contributed by atoms with Crippen molar-refractivity contribution in [1.82, 2.24) is 25.1 Å². The third-order valence-electron chi connectivity index (χ3n) is 3.51. The summed E-state index contributed by atoms with van der Waals surface area (Å²) in [5.74, 6) is 0. The lowest BCUT2D eigenvalue weighted by molar-refractivity contribution is 0.465. The monoisotopic (exact) mass is 273 g/mol. The van der Waals surface area contributed by atoms with Crippen molar-refractivity contribution in [1.29, 1.82) is 0 Å². The van der Waals surface area contributed by atoms with Gasteiger partial charge in [-0.15, -0.1) is 0 Å².